The van der Waals surface area contributed by atoms with Crippen molar-refractivity contribution in [3.05, 3.63) is 12.2 Å². The molecule has 0 aliphatic carbocycles. The van der Waals surface area contributed by atoms with Crippen molar-refractivity contribution in [1.82, 2.24) is 25.0 Å². The number of aromatic amines is 1. The Hall–Kier alpha value is -1.47. The summed E-state index contributed by atoms with van der Waals surface area (Å²) in [7, 11) is 0. The van der Waals surface area contributed by atoms with Gasteiger partial charge in [0.1, 0.15) is 18.3 Å². The maximum absolute atomic E-state index is 12.1. The maximum Gasteiger partial charge on any atom is 0.251 e. The predicted molar refractivity (Wildman–Crippen MR) is 69.3 cm³/mol. The third-order valence-electron chi connectivity index (χ3n) is 3.29. The molecule has 1 atom stereocenters. The molecular formula is C12H21N5O2. The number of nitrogens with zero attached hydrogens (tertiary/aromatic N) is 4. The molecule has 1 amide bonds. The number of ether oxygens (including phenoxy) is 1. The summed E-state index contributed by atoms with van der Waals surface area (Å²) in [5, 5.41) is 6.68. The predicted octanol–water partition coefficient (Wildman–Crippen LogP) is -0.126. The van der Waals surface area contributed by atoms with E-state index in [1.54, 1.807) is 0 Å². The molecule has 1 aromatic rings. The van der Waals surface area contributed by atoms with E-state index in [4.69, 9.17) is 4.74 Å². The van der Waals surface area contributed by atoms with Gasteiger partial charge in [0.25, 0.3) is 5.91 Å². The second kappa shape index (κ2) is 6.63. The first kappa shape index (κ1) is 14.0. The molecule has 1 saturated heterocycles. The molecule has 0 aromatic carbocycles. The molecule has 1 unspecified atom stereocenters. The smallest absolute Gasteiger partial charge is 0.251 e. The lowest BCUT2D eigenvalue weighted by Gasteiger charge is -2.35. The van der Waals surface area contributed by atoms with E-state index in [2.05, 4.69) is 20.1 Å². The van der Waals surface area contributed by atoms with Gasteiger partial charge in [-0.05, 0) is 13.8 Å². The standard InChI is InChI=1S/C12H21N5O2/c1-3-19-10(2)12(18)17-6-4-16(5-7-17)8-11-13-9-14-15-11/h9-10H,3-8H2,1-2H3,(H,13,14,15). The summed E-state index contributed by atoms with van der Waals surface area (Å²) < 4.78 is 5.34. The first-order chi connectivity index (χ1) is 9.20. The fourth-order valence-electron chi connectivity index (χ4n) is 2.22. The van der Waals surface area contributed by atoms with Crippen LogP contribution in [0.25, 0.3) is 0 Å². The highest BCUT2D eigenvalue weighted by atomic mass is 16.5. The Morgan fingerprint density at radius 3 is 2.79 bits per heavy atom. The molecule has 0 radical (unpaired) electrons. The first-order valence-electron chi connectivity index (χ1n) is 6.67. The largest absolute Gasteiger partial charge is 0.369 e. The molecule has 0 spiro atoms. The van der Waals surface area contributed by atoms with Gasteiger partial charge in [-0.3, -0.25) is 14.8 Å². The van der Waals surface area contributed by atoms with E-state index >= 15 is 0 Å². The number of nitrogens with one attached hydrogen (secondary N) is 1. The van der Waals surface area contributed by atoms with Crippen molar-refractivity contribution < 1.29 is 9.53 Å². The molecule has 2 rings (SSSR count). The third kappa shape index (κ3) is 3.74. The second-order valence-corrected chi connectivity index (χ2v) is 4.63. The minimum Gasteiger partial charge on any atom is -0.369 e. The normalized spacial score (nSPS) is 18.5. The van der Waals surface area contributed by atoms with Crippen molar-refractivity contribution in [1.29, 1.82) is 0 Å². The molecule has 1 aromatic heterocycles. The molecule has 0 bridgehead atoms. The van der Waals surface area contributed by atoms with Crippen LogP contribution in [0.1, 0.15) is 19.7 Å². The number of aromatic nitrogens is 3. The van der Waals surface area contributed by atoms with Crippen LogP contribution in [0, 0.1) is 0 Å². The fraction of sp³-hybridized carbons (Fsp3) is 0.750. The molecule has 19 heavy (non-hydrogen) atoms. The Labute approximate surface area is 112 Å². The lowest BCUT2D eigenvalue weighted by atomic mass is 10.2. The van der Waals surface area contributed by atoms with Crippen LogP contribution in [0.2, 0.25) is 0 Å². The van der Waals surface area contributed by atoms with Crippen LogP contribution in [-0.2, 0) is 16.1 Å². The van der Waals surface area contributed by atoms with Gasteiger partial charge in [-0.2, -0.15) is 5.10 Å². The summed E-state index contributed by atoms with van der Waals surface area (Å²) in [5.41, 5.74) is 0. The zero-order valence-electron chi connectivity index (χ0n) is 11.5. The quantitative estimate of drug-likeness (QED) is 0.804. The summed E-state index contributed by atoms with van der Waals surface area (Å²) in [5.74, 6) is 0.948. The van der Waals surface area contributed by atoms with Crippen LogP contribution in [0.4, 0.5) is 0 Å². The Kier molecular flexibility index (Phi) is 4.86. The molecule has 7 nitrogen and oxygen atoms in total. The van der Waals surface area contributed by atoms with Gasteiger partial charge in [0.05, 0.1) is 6.54 Å². The fourth-order valence-corrected chi connectivity index (χ4v) is 2.22. The van der Waals surface area contributed by atoms with Crippen LogP contribution in [0.3, 0.4) is 0 Å². The van der Waals surface area contributed by atoms with Gasteiger partial charge >= 0.3 is 0 Å². The van der Waals surface area contributed by atoms with Crippen molar-refractivity contribution in [2.75, 3.05) is 32.8 Å². The molecule has 0 saturated carbocycles. The van der Waals surface area contributed by atoms with Crippen LogP contribution in [0.15, 0.2) is 6.33 Å². The van der Waals surface area contributed by atoms with Crippen molar-refractivity contribution in [3.8, 4) is 0 Å². The van der Waals surface area contributed by atoms with Crippen LogP contribution >= 0.6 is 0 Å². The van der Waals surface area contributed by atoms with Gasteiger partial charge in [-0.25, -0.2) is 4.98 Å². The number of rotatable bonds is 5. The van der Waals surface area contributed by atoms with Crippen molar-refractivity contribution in [3.63, 3.8) is 0 Å². The lowest BCUT2D eigenvalue weighted by molar-refractivity contribution is -0.144. The number of piperazine rings is 1. The highest BCUT2D eigenvalue weighted by Crippen LogP contribution is 2.07. The highest BCUT2D eigenvalue weighted by molar-refractivity contribution is 5.80. The van der Waals surface area contributed by atoms with Gasteiger partial charge in [-0.1, -0.05) is 0 Å². The van der Waals surface area contributed by atoms with Crippen LogP contribution in [-0.4, -0.2) is 69.8 Å². The van der Waals surface area contributed by atoms with E-state index in [1.165, 1.54) is 6.33 Å². The van der Waals surface area contributed by atoms with Gasteiger partial charge in [0.2, 0.25) is 0 Å². The van der Waals surface area contributed by atoms with E-state index in [-0.39, 0.29) is 12.0 Å². The van der Waals surface area contributed by atoms with Gasteiger partial charge in [-0.15, -0.1) is 0 Å². The van der Waals surface area contributed by atoms with E-state index in [9.17, 15) is 4.79 Å². The number of hydrogen-bond acceptors (Lipinski definition) is 5. The maximum atomic E-state index is 12.1. The monoisotopic (exact) mass is 267 g/mol. The van der Waals surface area contributed by atoms with E-state index in [0.29, 0.717) is 6.61 Å². The summed E-state index contributed by atoms with van der Waals surface area (Å²) in [6.45, 7) is 8.22. The molecule has 1 aliphatic heterocycles. The number of H-pyrrole nitrogens is 1. The third-order valence-corrected chi connectivity index (χ3v) is 3.29. The topological polar surface area (TPSA) is 74.3 Å². The van der Waals surface area contributed by atoms with Crippen molar-refractivity contribution in [2.45, 2.75) is 26.5 Å². The summed E-state index contributed by atoms with van der Waals surface area (Å²) in [6, 6.07) is 0. The van der Waals surface area contributed by atoms with Crippen molar-refractivity contribution >= 4 is 5.91 Å². The molecular weight excluding hydrogens is 246 g/mol. The second-order valence-electron chi connectivity index (χ2n) is 4.63. The summed E-state index contributed by atoms with van der Waals surface area (Å²) >= 11 is 0. The van der Waals surface area contributed by atoms with Crippen LogP contribution < -0.4 is 0 Å². The minimum atomic E-state index is -0.342. The number of amides is 1. The Morgan fingerprint density at radius 2 is 2.21 bits per heavy atom. The SMILES string of the molecule is CCOC(C)C(=O)N1CCN(Cc2ncn[nH]2)CC1. The average molecular weight is 267 g/mol. The zero-order valence-corrected chi connectivity index (χ0v) is 11.5. The average Bonchev–Trinajstić information content (AvgIpc) is 2.92. The Bertz CT molecular complexity index is 387. The van der Waals surface area contributed by atoms with Gasteiger partial charge < -0.3 is 9.64 Å². The van der Waals surface area contributed by atoms with Gasteiger partial charge in [0, 0.05) is 32.8 Å². The highest BCUT2D eigenvalue weighted by Gasteiger charge is 2.25. The molecule has 106 valence electrons. The van der Waals surface area contributed by atoms with E-state index in [1.807, 2.05) is 18.7 Å². The number of carbonyl (C=O) groups excluding carboxylic acids is 1. The molecule has 7 heteroatoms. The van der Waals surface area contributed by atoms with E-state index < -0.39 is 0 Å². The molecule has 1 N–H and O–H groups in total. The molecule has 2 heterocycles. The zero-order chi connectivity index (χ0) is 13.7. The number of carbonyl (C=O) groups is 1. The Balaban J connectivity index is 1.77. The summed E-state index contributed by atoms with van der Waals surface area (Å²) in [4.78, 5) is 20.3. The summed E-state index contributed by atoms with van der Waals surface area (Å²) in [6.07, 6.45) is 1.17. The lowest BCUT2D eigenvalue weighted by Crippen LogP contribution is -2.51. The number of hydrogen-bond donors (Lipinski definition) is 1. The van der Waals surface area contributed by atoms with Gasteiger partial charge in [0.15, 0.2) is 0 Å². The van der Waals surface area contributed by atoms with Crippen LogP contribution in [0.5, 0.6) is 0 Å². The van der Waals surface area contributed by atoms with Crippen molar-refractivity contribution in [2.24, 2.45) is 0 Å². The minimum absolute atomic E-state index is 0.0844. The van der Waals surface area contributed by atoms with E-state index in [0.717, 1.165) is 38.5 Å². The first-order valence-corrected chi connectivity index (χ1v) is 6.67. The Morgan fingerprint density at radius 1 is 1.47 bits per heavy atom. The molecule has 1 fully saturated rings. The molecule has 1 aliphatic rings.